The van der Waals surface area contributed by atoms with Gasteiger partial charge in [-0.15, -0.1) is 21.5 Å². The number of nitrogens with zero attached hydrogens (tertiary/aromatic N) is 5. The zero-order valence-electron chi connectivity index (χ0n) is 11.9. The van der Waals surface area contributed by atoms with E-state index in [1.807, 2.05) is 37.5 Å². The molecule has 0 aliphatic carbocycles. The Kier molecular flexibility index (Phi) is 3.92. The van der Waals surface area contributed by atoms with Gasteiger partial charge in [0.25, 0.3) is 0 Å². The number of thiazole rings is 1. The molecule has 0 spiro atoms. The van der Waals surface area contributed by atoms with Crippen LogP contribution >= 0.6 is 11.3 Å². The summed E-state index contributed by atoms with van der Waals surface area (Å²) in [5.74, 6) is 1.47. The third-order valence-electron chi connectivity index (χ3n) is 2.92. The maximum absolute atomic E-state index is 4.33. The van der Waals surface area contributed by atoms with Gasteiger partial charge < -0.3 is 5.32 Å². The molecule has 1 N–H and O–H groups in total. The summed E-state index contributed by atoms with van der Waals surface area (Å²) < 4.78 is 1.71. The number of hydrogen-bond donors (Lipinski definition) is 1. The van der Waals surface area contributed by atoms with E-state index in [2.05, 4.69) is 32.5 Å². The van der Waals surface area contributed by atoms with Crippen LogP contribution in [0.15, 0.2) is 30.6 Å². The summed E-state index contributed by atoms with van der Waals surface area (Å²) in [6, 6.07) is 5.74. The molecule has 3 heterocycles. The van der Waals surface area contributed by atoms with Gasteiger partial charge in [-0.25, -0.2) is 9.67 Å². The van der Waals surface area contributed by atoms with Crippen molar-refractivity contribution in [2.45, 2.75) is 20.3 Å². The minimum atomic E-state index is 0.712. The molecule has 0 aliphatic rings. The molecule has 0 amide bonds. The quantitative estimate of drug-likeness (QED) is 0.783. The Morgan fingerprint density at radius 1 is 1.19 bits per heavy atom. The molecule has 0 unspecified atom stereocenters. The predicted molar refractivity (Wildman–Crippen MR) is 82.9 cm³/mol. The van der Waals surface area contributed by atoms with Gasteiger partial charge in [-0.3, -0.25) is 0 Å². The van der Waals surface area contributed by atoms with Crippen molar-refractivity contribution in [2.24, 2.45) is 0 Å². The zero-order chi connectivity index (χ0) is 14.7. The van der Waals surface area contributed by atoms with Gasteiger partial charge in [-0.2, -0.15) is 5.10 Å². The van der Waals surface area contributed by atoms with Crippen LogP contribution in [0, 0.1) is 13.8 Å². The molecule has 6 nitrogen and oxygen atoms in total. The van der Waals surface area contributed by atoms with E-state index in [1.165, 1.54) is 4.88 Å². The summed E-state index contributed by atoms with van der Waals surface area (Å²) in [5, 5.41) is 17.0. The average Bonchev–Trinajstić information content (AvgIpc) is 3.09. The second kappa shape index (κ2) is 6.01. The lowest BCUT2D eigenvalue weighted by Gasteiger charge is -2.04. The van der Waals surface area contributed by atoms with Crippen molar-refractivity contribution >= 4 is 17.2 Å². The van der Waals surface area contributed by atoms with Gasteiger partial charge in [0.05, 0.1) is 10.7 Å². The number of hydrogen-bond acceptors (Lipinski definition) is 6. The van der Waals surface area contributed by atoms with Crippen molar-refractivity contribution < 1.29 is 0 Å². The molecule has 0 saturated heterocycles. The molecule has 3 rings (SSSR count). The Morgan fingerprint density at radius 3 is 2.71 bits per heavy atom. The van der Waals surface area contributed by atoms with E-state index >= 15 is 0 Å². The van der Waals surface area contributed by atoms with Crippen molar-refractivity contribution in [2.75, 3.05) is 11.9 Å². The van der Waals surface area contributed by atoms with Gasteiger partial charge in [0.15, 0.2) is 5.82 Å². The van der Waals surface area contributed by atoms with Crippen LogP contribution < -0.4 is 5.32 Å². The highest BCUT2D eigenvalue weighted by Crippen LogP contribution is 2.12. The van der Waals surface area contributed by atoms with Gasteiger partial charge in [-0.1, -0.05) is 0 Å². The number of rotatable bonds is 5. The van der Waals surface area contributed by atoms with Gasteiger partial charge in [0, 0.05) is 30.2 Å². The largest absolute Gasteiger partial charge is 0.368 e. The van der Waals surface area contributed by atoms with E-state index in [1.54, 1.807) is 16.0 Å². The highest BCUT2D eigenvalue weighted by Gasteiger charge is 2.02. The summed E-state index contributed by atoms with van der Waals surface area (Å²) in [4.78, 5) is 5.57. The van der Waals surface area contributed by atoms with Gasteiger partial charge in [0.2, 0.25) is 0 Å². The van der Waals surface area contributed by atoms with Gasteiger partial charge in [-0.05, 0) is 32.0 Å². The van der Waals surface area contributed by atoms with Crippen molar-refractivity contribution in [3.63, 3.8) is 0 Å². The summed E-state index contributed by atoms with van der Waals surface area (Å²) in [6.45, 7) is 4.80. The summed E-state index contributed by atoms with van der Waals surface area (Å²) in [7, 11) is 0. The fourth-order valence-electron chi connectivity index (χ4n) is 1.90. The smallest absolute Gasteiger partial charge is 0.175 e. The van der Waals surface area contributed by atoms with E-state index in [4.69, 9.17) is 0 Å². The molecule has 21 heavy (non-hydrogen) atoms. The molecular formula is C14H16N6S. The third-order valence-corrected chi connectivity index (χ3v) is 3.89. The zero-order valence-corrected chi connectivity index (χ0v) is 12.8. The number of aromatic nitrogens is 5. The first-order valence-corrected chi connectivity index (χ1v) is 7.54. The average molecular weight is 300 g/mol. The number of anilines is 1. The van der Waals surface area contributed by atoms with Gasteiger partial charge >= 0.3 is 0 Å². The second-order valence-electron chi connectivity index (χ2n) is 4.72. The van der Waals surface area contributed by atoms with Crippen LogP contribution in [0.25, 0.3) is 5.82 Å². The fraction of sp³-hybridized carbons (Fsp3) is 0.286. The molecule has 0 aliphatic heterocycles. The van der Waals surface area contributed by atoms with Crippen molar-refractivity contribution in [1.82, 2.24) is 25.0 Å². The monoisotopic (exact) mass is 300 g/mol. The molecule has 7 heteroatoms. The standard InChI is InChI=1S/C14H16N6S/c1-10-6-8-20(19-10)13-4-3-12(17-18-13)15-7-5-14-16-9-11(2)21-14/h3-4,6,8-9H,5,7H2,1-2H3,(H,15,17). The minimum absolute atomic E-state index is 0.712. The Balaban J connectivity index is 1.57. The normalized spacial score (nSPS) is 10.8. The molecule has 0 radical (unpaired) electrons. The van der Waals surface area contributed by atoms with E-state index in [0.29, 0.717) is 5.82 Å². The van der Waals surface area contributed by atoms with E-state index in [0.717, 1.165) is 29.5 Å². The lowest BCUT2D eigenvalue weighted by Crippen LogP contribution is -2.08. The first-order chi connectivity index (χ1) is 10.2. The Morgan fingerprint density at radius 2 is 2.10 bits per heavy atom. The topological polar surface area (TPSA) is 68.5 Å². The molecule has 0 aromatic carbocycles. The van der Waals surface area contributed by atoms with Crippen LogP contribution in [-0.4, -0.2) is 31.5 Å². The highest BCUT2D eigenvalue weighted by atomic mass is 32.1. The first-order valence-electron chi connectivity index (χ1n) is 6.72. The van der Waals surface area contributed by atoms with Crippen molar-refractivity contribution in [1.29, 1.82) is 0 Å². The number of aryl methyl sites for hydroxylation is 2. The van der Waals surface area contributed by atoms with Crippen LogP contribution in [0.4, 0.5) is 5.82 Å². The van der Waals surface area contributed by atoms with E-state index in [-0.39, 0.29) is 0 Å². The molecule has 0 atom stereocenters. The minimum Gasteiger partial charge on any atom is -0.368 e. The highest BCUT2D eigenvalue weighted by molar-refractivity contribution is 7.11. The van der Waals surface area contributed by atoms with E-state index in [9.17, 15) is 0 Å². The molecule has 108 valence electrons. The summed E-state index contributed by atoms with van der Waals surface area (Å²) in [6.07, 6.45) is 4.66. The molecule has 3 aromatic heterocycles. The first kappa shape index (κ1) is 13.7. The molecule has 0 bridgehead atoms. The lowest BCUT2D eigenvalue weighted by atomic mass is 10.4. The van der Waals surface area contributed by atoms with Crippen LogP contribution in [0.2, 0.25) is 0 Å². The maximum Gasteiger partial charge on any atom is 0.175 e. The van der Waals surface area contributed by atoms with E-state index < -0.39 is 0 Å². The second-order valence-corrected chi connectivity index (χ2v) is 6.04. The summed E-state index contributed by atoms with van der Waals surface area (Å²) in [5.41, 5.74) is 0.956. The predicted octanol–water partition coefficient (Wildman–Crippen LogP) is 2.39. The molecule has 0 fully saturated rings. The van der Waals surface area contributed by atoms with Crippen molar-refractivity contribution in [3.05, 3.63) is 46.2 Å². The Labute approximate surface area is 126 Å². The Bertz CT molecular complexity index is 715. The summed E-state index contributed by atoms with van der Waals surface area (Å²) >= 11 is 1.73. The number of nitrogens with one attached hydrogen (secondary N) is 1. The third kappa shape index (κ3) is 3.43. The molecule has 3 aromatic rings. The maximum atomic E-state index is 4.33. The van der Waals surface area contributed by atoms with Crippen LogP contribution in [0.5, 0.6) is 0 Å². The van der Waals surface area contributed by atoms with Crippen LogP contribution in [0.1, 0.15) is 15.6 Å². The van der Waals surface area contributed by atoms with Crippen LogP contribution in [-0.2, 0) is 6.42 Å². The van der Waals surface area contributed by atoms with Crippen molar-refractivity contribution in [3.8, 4) is 5.82 Å². The lowest BCUT2D eigenvalue weighted by molar-refractivity contribution is 0.803. The molecule has 0 saturated carbocycles. The van der Waals surface area contributed by atoms with Gasteiger partial charge in [0.1, 0.15) is 5.82 Å². The fourth-order valence-corrected chi connectivity index (χ4v) is 2.69. The SMILES string of the molecule is Cc1ccn(-c2ccc(NCCc3ncc(C)s3)nn2)n1. The molecular weight excluding hydrogens is 284 g/mol. The van der Waals surface area contributed by atoms with Crippen LogP contribution in [0.3, 0.4) is 0 Å². The Hall–Kier alpha value is -2.28.